The summed E-state index contributed by atoms with van der Waals surface area (Å²) in [5.74, 6) is -1.86. The van der Waals surface area contributed by atoms with Crippen LogP contribution in [0.4, 0.5) is 20.2 Å². The maximum absolute atomic E-state index is 13.5. The van der Waals surface area contributed by atoms with Crippen molar-refractivity contribution in [1.82, 2.24) is 9.55 Å². The van der Waals surface area contributed by atoms with Crippen LogP contribution in [0.1, 0.15) is 17.8 Å². The van der Waals surface area contributed by atoms with Crippen LogP contribution in [-0.2, 0) is 16.1 Å². The van der Waals surface area contributed by atoms with E-state index < -0.39 is 17.6 Å². The molecule has 8 heteroatoms. The topological polar surface area (TPSA) is 67.2 Å². The zero-order valence-electron chi connectivity index (χ0n) is 16.3. The number of carbonyl (C=O) groups excluding carboxylic acids is 2. The minimum Gasteiger partial charge on any atom is -0.331 e. The molecule has 30 heavy (non-hydrogen) atoms. The van der Waals surface area contributed by atoms with E-state index in [0.717, 1.165) is 29.6 Å². The van der Waals surface area contributed by atoms with E-state index in [1.165, 1.54) is 4.90 Å². The third-order valence-corrected chi connectivity index (χ3v) is 5.15. The Kier molecular flexibility index (Phi) is 5.31. The first-order valence-electron chi connectivity index (χ1n) is 9.53. The number of halogens is 2. The van der Waals surface area contributed by atoms with Gasteiger partial charge in [0.2, 0.25) is 11.8 Å². The van der Waals surface area contributed by atoms with Gasteiger partial charge < -0.3 is 14.8 Å². The lowest BCUT2D eigenvalue weighted by atomic mass is 10.1. The third kappa shape index (κ3) is 4.22. The average Bonchev–Trinajstić information content (AvgIpc) is 3.28. The molecule has 1 saturated heterocycles. The molecule has 0 radical (unpaired) electrons. The zero-order valence-corrected chi connectivity index (χ0v) is 16.3. The highest BCUT2D eigenvalue weighted by Crippen LogP contribution is 2.27. The second kappa shape index (κ2) is 8.06. The van der Waals surface area contributed by atoms with Gasteiger partial charge in [-0.3, -0.25) is 9.59 Å². The van der Waals surface area contributed by atoms with Crippen molar-refractivity contribution in [2.75, 3.05) is 16.8 Å². The summed E-state index contributed by atoms with van der Waals surface area (Å²) in [7, 11) is 0. The number of aryl methyl sites for hydroxylation is 1. The minimum absolute atomic E-state index is 0.0119. The summed E-state index contributed by atoms with van der Waals surface area (Å²) in [5, 5.41) is 2.81. The molecule has 1 N–H and O–H groups in total. The first-order chi connectivity index (χ1) is 14.4. The smallest absolute Gasteiger partial charge is 0.229 e. The number of nitrogens with zero attached hydrogens (tertiary/aromatic N) is 3. The van der Waals surface area contributed by atoms with Gasteiger partial charge in [0.1, 0.15) is 17.5 Å². The van der Waals surface area contributed by atoms with E-state index in [1.807, 2.05) is 29.8 Å². The van der Waals surface area contributed by atoms with Crippen molar-refractivity contribution in [2.24, 2.45) is 5.92 Å². The molecule has 0 spiro atoms. The van der Waals surface area contributed by atoms with E-state index in [-0.39, 0.29) is 30.5 Å². The SMILES string of the molecule is Cc1nccn1Cc1ccc(NC(=O)C2CC(=O)N(c3cc(F)cc(F)c3)C2)cc1. The molecule has 3 aromatic rings. The monoisotopic (exact) mass is 410 g/mol. The summed E-state index contributed by atoms with van der Waals surface area (Å²) in [5.41, 5.74) is 1.80. The molecule has 1 aliphatic rings. The molecule has 1 aromatic heterocycles. The Morgan fingerprint density at radius 2 is 1.87 bits per heavy atom. The number of benzene rings is 2. The van der Waals surface area contributed by atoms with E-state index in [9.17, 15) is 18.4 Å². The first-order valence-corrected chi connectivity index (χ1v) is 9.53. The van der Waals surface area contributed by atoms with Gasteiger partial charge in [-0.1, -0.05) is 12.1 Å². The molecular weight excluding hydrogens is 390 g/mol. The van der Waals surface area contributed by atoms with Crippen LogP contribution in [0, 0.1) is 24.5 Å². The molecule has 2 heterocycles. The van der Waals surface area contributed by atoms with E-state index in [4.69, 9.17) is 0 Å². The molecule has 1 aliphatic heterocycles. The highest BCUT2D eigenvalue weighted by atomic mass is 19.1. The molecule has 1 fully saturated rings. The Balaban J connectivity index is 1.39. The number of amides is 2. The molecule has 154 valence electrons. The van der Waals surface area contributed by atoms with Crippen molar-refractivity contribution < 1.29 is 18.4 Å². The molecule has 6 nitrogen and oxygen atoms in total. The van der Waals surface area contributed by atoms with Crippen molar-refractivity contribution in [1.29, 1.82) is 0 Å². The molecule has 0 aliphatic carbocycles. The summed E-state index contributed by atoms with van der Waals surface area (Å²) < 4.78 is 28.9. The summed E-state index contributed by atoms with van der Waals surface area (Å²) in [6.07, 6.45) is 3.63. The molecule has 1 atom stereocenters. The van der Waals surface area contributed by atoms with Gasteiger partial charge in [-0.05, 0) is 36.8 Å². The number of hydrogen-bond donors (Lipinski definition) is 1. The van der Waals surface area contributed by atoms with Crippen LogP contribution in [0.5, 0.6) is 0 Å². The predicted molar refractivity (Wildman–Crippen MR) is 108 cm³/mol. The fourth-order valence-corrected chi connectivity index (χ4v) is 3.53. The second-order valence-electron chi connectivity index (χ2n) is 7.32. The van der Waals surface area contributed by atoms with Crippen LogP contribution >= 0.6 is 0 Å². The van der Waals surface area contributed by atoms with Crippen LogP contribution in [0.2, 0.25) is 0 Å². The number of anilines is 2. The van der Waals surface area contributed by atoms with E-state index in [1.54, 1.807) is 18.3 Å². The van der Waals surface area contributed by atoms with Gasteiger partial charge in [-0.25, -0.2) is 13.8 Å². The number of carbonyl (C=O) groups is 2. The summed E-state index contributed by atoms with van der Waals surface area (Å²) in [6.45, 7) is 2.68. The van der Waals surface area contributed by atoms with Crippen molar-refractivity contribution in [3.05, 3.63) is 77.9 Å². The Labute approximate surface area is 172 Å². The van der Waals surface area contributed by atoms with Gasteiger partial charge in [0.05, 0.1) is 5.92 Å². The number of nitrogens with one attached hydrogen (secondary N) is 1. The van der Waals surface area contributed by atoms with E-state index in [2.05, 4.69) is 10.3 Å². The minimum atomic E-state index is -0.767. The Morgan fingerprint density at radius 3 is 2.50 bits per heavy atom. The highest BCUT2D eigenvalue weighted by molar-refractivity contribution is 6.03. The molecule has 2 aromatic carbocycles. The van der Waals surface area contributed by atoms with Gasteiger partial charge in [0, 0.05) is 49.3 Å². The fourth-order valence-electron chi connectivity index (χ4n) is 3.53. The highest BCUT2D eigenvalue weighted by Gasteiger charge is 2.35. The summed E-state index contributed by atoms with van der Waals surface area (Å²) in [6, 6.07) is 10.3. The predicted octanol–water partition coefficient (Wildman–Crippen LogP) is 3.51. The summed E-state index contributed by atoms with van der Waals surface area (Å²) in [4.78, 5) is 30.3. The standard InChI is InChI=1S/C22H20F2N4O2/c1-14-25-6-7-27(14)12-15-2-4-19(5-3-15)26-22(30)16-8-21(29)28(13-16)20-10-17(23)9-18(24)11-20/h2-7,9-11,16H,8,12-13H2,1H3,(H,26,30). The van der Waals surface area contributed by atoms with Gasteiger partial charge in [-0.15, -0.1) is 0 Å². The van der Waals surface area contributed by atoms with Crippen molar-refractivity contribution in [2.45, 2.75) is 19.9 Å². The largest absolute Gasteiger partial charge is 0.331 e. The van der Waals surface area contributed by atoms with Crippen LogP contribution in [-0.4, -0.2) is 27.9 Å². The van der Waals surface area contributed by atoms with Crippen molar-refractivity contribution >= 4 is 23.2 Å². The van der Waals surface area contributed by atoms with E-state index in [0.29, 0.717) is 12.2 Å². The maximum atomic E-state index is 13.5. The Bertz CT molecular complexity index is 1070. The fraction of sp³-hybridized carbons (Fsp3) is 0.227. The van der Waals surface area contributed by atoms with Gasteiger partial charge in [0.15, 0.2) is 0 Å². The number of imidazole rings is 1. The molecule has 2 amide bonds. The Hall–Kier alpha value is -3.55. The first kappa shape index (κ1) is 19.8. The molecule has 0 saturated carbocycles. The van der Waals surface area contributed by atoms with Crippen LogP contribution in [0.15, 0.2) is 54.9 Å². The number of hydrogen-bond acceptors (Lipinski definition) is 3. The van der Waals surface area contributed by atoms with Crippen LogP contribution < -0.4 is 10.2 Å². The molecule has 4 rings (SSSR count). The third-order valence-electron chi connectivity index (χ3n) is 5.15. The molecule has 1 unspecified atom stereocenters. The average molecular weight is 410 g/mol. The Morgan fingerprint density at radius 1 is 1.17 bits per heavy atom. The number of aromatic nitrogens is 2. The zero-order chi connectivity index (χ0) is 21.3. The van der Waals surface area contributed by atoms with Crippen LogP contribution in [0.3, 0.4) is 0 Å². The normalized spacial score (nSPS) is 16.2. The van der Waals surface area contributed by atoms with Gasteiger partial charge >= 0.3 is 0 Å². The van der Waals surface area contributed by atoms with Crippen molar-refractivity contribution in [3.63, 3.8) is 0 Å². The van der Waals surface area contributed by atoms with Gasteiger partial charge in [0.25, 0.3) is 0 Å². The number of rotatable bonds is 5. The lowest BCUT2D eigenvalue weighted by Crippen LogP contribution is -2.28. The van der Waals surface area contributed by atoms with Crippen LogP contribution in [0.25, 0.3) is 0 Å². The van der Waals surface area contributed by atoms with E-state index >= 15 is 0 Å². The van der Waals surface area contributed by atoms with Crippen molar-refractivity contribution in [3.8, 4) is 0 Å². The molecule has 0 bridgehead atoms. The lowest BCUT2D eigenvalue weighted by Gasteiger charge is -2.17. The molecular formula is C22H20F2N4O2. The lowest BCUT2D eigenvalue weighted by molar-refractivity contribution is -0.122. The maximum Gasteiger partial charge on any atom is 0.229 e. The summed E-state index contributed by atoms with van der Waals surface area (Å²) >= 11 is 0. The van der Waals surface area contributed by atoms with Gasteiger partial charge in [-0.2, -0.15) is 0 Å². The second-order valence-corrected chi connectivity index (χ2v) is 7.32. The quantitative estimate of drug-likeness (QED) is 0.700.